The third-order valence-corrected chi connectivity index (χ3v) is 4.11. The van der Waals surface area contributed by atoms with E-state index in [9.17, 15) is 0 Å². The van der Waals surface area contributed by atoms with E-state index in [0.717, 1.165) is 20.0 Å². The Balaban J connectivity index is 3.79. The molecule has 0 bridgehead atoms. The molecule has 0 saturated carbocycles. The quantitative estimate of drug-likeness (QED) is 0.685. The van der Waals surface area contributed by atoms with Crippen molar-refractivity contribution >= 4 is 48.8 Å². The van der Waals surface area contributed by atoms with Crippen molar-refractivity contribution in [3.8, 4) is 0 Å². The van der Waals surface area contributed by atoms with Crippen LogP contribution < -0.4 is 0 Å². The number of rotatable bonds is 4. The monoisotopic (exact) mass is 212 g/mol. The molecule has 0 nitrogen and oxygen atoms in total. The van der Waals surface area contributed by atoms with E-state index in [1.165, 1.54) is 0 Å². The lowest BCUT2D eigenvalue weighted by atomic mass is 11.0. The second-order valence-electron chi connectivity index (χ2n) is 1.48. The molecule has 0 aromatic heterocycles. The molecule has 0 aliphatic carbocycles. The van der Waals surface area contributed by atoms with Crippen LogP contribution in [0.5, 0.6) is 0 Å². The van der Waals surface area contributed by atoms with Crippen LogP contribution in [-0.2, 0) is 0 Å². The molecule has 4 heteroatoms. The van der Waals surface area contributed by atoms with Gasteiger partial charge in [0.25, 0.3) is 0 Å². The van der Waals surface area contributed by atoms with Gasteiger partial charge in [0.05, 0.1) is 8.47 Å². The van der Waals surface area contributed by atoms with Gasteiger partial charge in [-0.05, 0) is 11.5 Å². The van der Waals surface area contributed by atoms with Crippen molar-refractivity contribution in [2.75, 3.05) is 11.5 Å². The van der Waals surface area contributed by atoms with Crippen molar-refractivity contribution in [2.24, 2.45) is 0 Å². The molecule has 0 aromatic rings. The molecular weight excluding hydrogens is 200 g/mol. The molecule has 0 saturated heterocycles. The van der Waals surface area contributed by atoms with Crippen LogP contribution in [0, 0.1) is 0 Å². The molecule has 0 spiro atoms. The maximum absolute atomic E-state index is 4.28. The van der Waals surface area contributed by atoms with E-state index >= 15 is 0 Å². The average molecular weight is 212 g/mol. The second kappa shape index (κ2) is 6.83. The highest BCUT2D eigenvalue weighted by Gasteiger charge is 1.96. The maximum atomic E-state index is 4.28. The summed E-state index contributed by atoms with van der Waals surface area (Å²) >= 11 is 12.0. The molecule has 60 valence electrons. The Labute approximate surface area is 82.4 Å². The maximum Gasteiger partial charge on any atom is 0.0569 e. The second-order valence-corrected chi connectivity index (χ2v) is 5.52. The number of hydrogen-bond acceptors (Lipinski definition) is 4. The number of hydrogen-bond donors (Lipinski definition) is 2. The summed E-state index contributed by atoms with van der Waals surface area (Å²) in [5.41, 5.74) is 0. The van der Waals surface area contributed by atoms with Gasteiger partial charge in [0.1, 0.15) is 0 Å². The topological polar surface area (TPSA) is 0 Å². The van der Waals surface area contributed by atoms with Gasteiger partial charge >= 0.3 is 0 Å². The largest absolute Gasteiger partial charge is 0.135 e. The Hall–Kier alpha value is 1.14. The molecule has 0 amide bonds. The molecule has 0 unspecified atom stereocenters. The molecule has 0 N–H and O–H groups in total. The minimum absolute atomic E-state index is 1.04. The standard InChI is InChI=1S/C6H12S4/c1-3-9-5(7)6(8)10-4-2/h7-8H,3-4H2,1-2H3. The zero-order valence-electron chi connectivity index (χ0n) is 6.13. The Morgan fingerprint density at radius 2 is 1.30 bits per heavy atom. The SMILES string of the molecule is CCSC(S)=C(S)SCC. The molecule has 0 aromatic carbocycles. The first-order valence-corrected chi connectivity index (χ1v) is 5.96. The van der Waals surface area contributed by atoms with E-state index in [1.807, 2.05) is 0 Å². The highest BCUT2D eigenvalue weighted by atomic mass is 32.2. The van der Waals surface area contributed by atoms with E-state index in [4.69, 9.17) is 0 Å². The lowest BCUT2D eigenvalue weighted by Crippen LogP contribution is -1.72. The molecular formula is C6H12S4. The fraction of sp³-hybridized carbons (Fsp3) is 0.667. The van der Waals surface area contributed by atoms with Crippen LogP contribution in [0.4, 0.5) is 0 Å². The normalized spacial score (nSPS) is 13.2. The number of thiol groups is 2. The molecule has 0 atom stereocenters. The van der Waals surface area contributed by atoms with E-state index < -0.39 is 0 Å². The van der Waals surface area contributed by atoms with Crippen molar-refractivity contribution < 1.29 is 0 Å². The van der Waals surface area contributed by atoms with Gasteiger partial charge in [-0.25, -0.2) is 0 Å². The smallest absolute Gasteiger partial charge is 0.0569 e. The zero-order valence-corrected chi connectivity index (χ0v) is 9.55. The van der Waals surface area contributed by atoms with Crippen LogP contribution >= 0.6 is 48.8 Å². The zero-order chi connectivity index (χ0) is 7.98. The van der Waals surface area contributed by atoms with Crippen LogP contribution in [-0.4, -0.2) is 11.5 Å². The Morgan fingerprint density at radius 3 is 1.50 bits per heavy atom. The molecule has 0 rings (SSSR count). The summed E-state index contributed by atoms with van der Waals surface area (Å²) in [5.74, 6) is 2.13. The van der Waals surface area contributed by atoms with Crippen LogP contribution in [0.1, 0.15) is 13.8 Å². The predicted octanol–water partition coefficient (Wildman–Crippen LogP) is 3.48. The van der Waals surface area contributed by atoms with Gasteiger partial charge in [0, 0.05) is 0 Å². The summed E-state index contributed by atoms with van der Waals surface area (Å²) in [7, 11) is 0. The summed E-state index contributed by atoms with van der Waals surface area (Å²) in [6.45, 7) is 4.22. The Kier molecular flexibility index (Phi) is 7.60. The lowest BCUT2D eigenvalue weighted by Gasteiger charge is -2.01. The summed E-state index contributed by atoms with van der Waals surface area (Å²) in [6, 6.07) is 0. The van der Waals surface area contributed by atoms with E-state index in [1.54, 1.807) is 23.5 Å². The fourth-order valence-corrected chi connectivity index (χ4v) is 2.71. The first kappa shape index (κ1) is 11.1. The number of thioether (sulfide) groups is 2. The lowest BCUT2D eigenvalue weighted by molar-refractivity contribution is 1.53. The molecule has 10 heavy (non-hydrogen) atoms. The molecule has 0 aliphatic heterocycles. The van der Waals surface area contributed by atoms with Gasteiger partial charge in [-0.15, -0.1) is 48.8 Å². The fourth-order valence-electron chi connectivity index (χ4n) is 0.397. The van der Waals surface area contributed by atoms with Crippen LogP contribution in [0.25, 0.3) is 0 Å². The summed E-state index contributed by atoms with van der Waals surface area (Å²) in [6.07, 6.45) is 0. The van der Waals surface area contributed by atoms with Crippen LogP contribution in [0.3, 0.4) is 0 Å². The van der Waals surface area contributed by atoms with Gasteiger partial charge < -0.3 is 0 Å². The van der Waals surface area contributed by atoms with Gasteiger partial charge in [-0.1, -0.05) is 13.8 Å². The van der Waals surface area contributed by atoms with E-state index in [0.29, 0.717) is 0 Å². The third-order valence-electron chi connectivity index (χ3n) is 0.745. The summed E-state index contributed by atoms with van der Waals surface area (Å²) in [4.78, 5) is 0. The van der Waals surface area contributed by atoms with Crippen molar-refractivity contribution in [2.45, 2.75) is 13.8 Å². The first-order chi connectivity index (χ1) is 4.72. The molecule has 0 radical (unpaired) electrons. The van der Waals surface area contributed by atoms with Crippen molar-refractivity contribution in [1.82, 2.24) is 0 Å². The van der Waals surface area contributed by atoms with Crippen LogP contribution in [0.15, 0.2) is 8.47 Å². The minimum atomic E-state index is 1.04. The Bertz CT molecular complexity index is 105. The van der Waals surface area contributed by atoms with Gasteiger partial charge in [0.2, 0.25) is 0 Å². The molecule has 0 fully saturated rings. The minimum Gasteiger partial charge on any atom is -0.135 e. The summed E-state index contributed by atoms with van der Waals surface area (Å²) in [5, 5.41) is 0. The first-order valence-electron chi connectivity index (χ1n) is 3.10. The third kappa shape index (κ3) is 4.88. The van der Waals surface area contributed by atoms with E-state index in [-0.39, 0.29) is 0 Å². The average Bonchev–Trinajstić information content (AvgIpc) is 1.89. The molecule has 0 heterocycles. The van der Waals surface area contributed by atoms with Crippen molar-refractivity contribution in [3.05, 3.63) is 8.47 Å². The van der Waals surface area contributed by atoms with Gasteiger partial charge in [-0.3, -0.25) is 0 Å². The van der Waals surface area contributed by atoms with Crippen molar-refractivity contribution in [3.63, 3.8) is 0 Å². The van der Waals surface area contributed by atoms with Crippen LogP contribution in [0.2, 0.25) is 0 Å². The van der Waals surface area contributed by atoms with E-state index in [2.05, 4.69) is 39.1 Å². The molecule has 0 aliphatic rings. The highest BCUT2D eigenvalue weighted by Crippen LogP contribution is 2.32. The Morgan fingerprint density at radius 1 is 1.00 bits per heavy atom. The predicted molar refractivity (Wildman–Crippen MR) is 61.3 cm³/mol. The van der Waals surface area contributed by atoms with Gasteiger partial charge in [0.15, 0.2) is 0 Å². The van der Waals surface area contributed by atoms with Crippen molar-refractivity contribution in [1.29, 1.82) is 0 Å². The highest BCUT2D eigenvalue weighted by molar-refractivity contribution is 8.21. The summed E-state index contributed by atoms with van der Waals surface area (Å²) < 4.78 is 2.08. The van der Waals surface area contributed by atoms with Gasteiger partial charge in [-0.2, -0.15) is 0 Å².